The van der Waals surface area contributed by atoms with Crippen LogP contribution in [0.25, 0.3) is 0 Å². The lowest BCUT2D eigenvalue weighted by Crippen LogP contribution is -2.31. The van der Waals surface area contributed by atoms with Gasteiger partial charge in [0.2, 0.25) is 5.89 Å². The summed E-state index contributed by atoms with van der Waals surface area (Å²) in [5, 5.41) is 13.1. The van der Waals surface area contributed by atoms with Crippen LogP contribution in [0.2, 0.25) is 0 Å². The van der Waals surface area contributed by atoms with E-state index >= 15 is 0 Å². The molecule has 2 rings (SSSR count). The third-order valence-corrected chi connectivity index (χ3v) is 2.87. The van der Waals surface area contributed by atoms with Gasteiger partial charge in [-0.05, 0) is 19.4 Å². The van der Waals surface area contributed by atoms with Crippen LogP contribution >= 0.6 is 0 Å². The molecule has 1 atom stereocenters. The number of aliphatic hydroxyl groups is 1. The minimum Gasteiger partial charge on any atom is -0.395 e. The molecule has 5 nitrogen and oxygen atoms in total. The second-order valence-electron chi connectivity index (χ2n) is 3.91. The number of aliphatic hydroxyl groups excluding tert-OH is 1. The van der Waals surface area contributed by atoms with Crippen molar-refractivity contribution in [2.45, 2.75) is 38.8 Å². The standard InChI is InChI=1S/C10H17N3O2/c1-2-10-11-9(12-15-10)6-13-5-3-4-8(13)7-14/h8,14H,2-7H2,1H3. The van der Waals surface area contributed by atoms with Crippen LogP contribution in [0.3, 0.4) is 0 Å². The summed E-state index contributed by atoms with van der Waals surface area (Å²) in [6, 6.07) is 0.272. The lowest BCUT2D eigenvalue weighted by Gasteiger charge is -2.20. The predicted molar refractivity (Wildman–Crippen MR) is 54.2 cm³/mol. The van der Waals surface area contributed by atoms with Gasteiger partial charge < -0.3 is 9.63 Å². The van der Waals surface area contributed by atoms with E-state index in [1.165, 1.54) is 0 Å². The highest BCUT2D eigenvalue weighted by Gasteiger charge is 2.24. The molecule has 0 amide bonds. The van der Waals surface area contributed by atoms with E-state index in [4.69, 9.17) is 9.63 Å². The Morgan fingerprint density at radius 2 is 2.47 bits per heavy atom. The Bertz CT molecular complexity index is 313. The van der Waals surface area contributed by atoms with Crippen molar-refractivity contribution < 1.29 is 9.63 Å². The molecule has 0 aromatic carbocycles. The summed E-state index contributed by atoms with van der Waals surface area (Å²) < 4.78 is 5.04. The number of likely N-dealkylation sites (tertiary alicyclic amines) is 1. The predicted octanol–water partition coefficient (Wildman–Crippen LogP) is 0.589. The molecule has 1 N–H and O–H groups in total. The van der Waals surface area contributed by atoms with E-state index in [0.29, 0.717) is 12.4 Å². The molecule has 0 aliphatic carbocycles. The van der Waals surface area contributed by atoms with Gasteiger partial charge in [-0.1, -0.05) is 12.1 Å². The highest BCUT2D eigenvalue weighted by molar-refractivity contribution is 4.89. The van der Waals surface area contributed by atoms with Crippen LogP contribution in [0.4, 0.5) is 0 Å². The summed E-state index contributed by atoms with van der Waals surface area (Å²) in [6.07, 6.45) is 2.98. The fraction of sp³-hybridized carbons (Fsp3) is 0.800. The van der Waals surface area contributed by atoms with Crippen molar-refractivity contribution in [1.82, 2.24) is 15.0 Å². The maximum atomic E-state index is 9.16. The van der Waals surface area contributed by atoms with E-state index in [-0.39, 0.29) is 12.6 Å². The highest BCUT2D eigenvalue weighted by Crippen LogP contribution is 2.18. The van der Waals surface area contributed by atoms with E-state index < -0.39 is 0 Å². The second-order valence-corrected chi connectivity index (χ2v) is 3.91. The molecular formula is C10H17N3O2. The fourth-order valence-electron chi connectivity index (χ4n) is 1.99. The van der Waals surface area contributed by atoms with Crippen molar-refractivity contribution in [3.05, 3.63) is 11.7 Å². The lowest BCUT2D eigenvalue weighted by atomic mass is 10.2. The van der Waals surface area contributed by atoms with Crippen LogP contribution in [-0.4, -0.2) is 39.3 Å². The van der Waals surface area contributed by atoms with Crippen LogP contribution in [0.5, 0.6) is 0 Å². The first-order valence-electron chi connectivity index (χ1n) is 5.50. The zero-order valence-electron chi connectivity index (χ0n) is 9.02. The van der Waals surface area contributed by atoms with Crippen molar-refractivity contribution in [1.29, 1.82) is 0 Å². The summed E-state index contributed by atoms with van der Waals surface area (Å²) in [7, 11) is 0. The van der Waals surface area contributed by atoms with Gasteiger partial charge in [0.25, 0.3) is 0 Å². The number of nitrogens with zero attached hydrogens (tertiary/aromatic N) is 3. The number of aromatic nitrogens is 2. The number of aryl methyl sites for hydroxylation is 1. The van der Waals surface area contributed by atoms with Crippen molar-refractivity contribution >= 4 is 0 Å². The topological polar surface area (TPSA) is 62.4 Å². The first kappa shape index (κ1) is 10.6. The van der Waals surface area contributed by atoms with Crippen molar-refractivity contribution in [3.8, 4) is 0 Å². The molecule has 1 saturated heterocycles. The summed E-state index contributed by atoms with van der Waals surface area (Å²) in [5.41, 5.74) is 0. The van der Waals surface area contributed by atoms with Crippen LogP contribution in [0, 0.1) is 0 Å². The normalized spacial score (nSPS) is 22.4. The SMILES string of the molecule is CCc1nc(CN2CCCC2CO)no1. The maximum Gasteiger partial charge on any atom is 0.226 e. The summed E-state index contributed by atoms with van der Waals surface area (Å²) >= 11 is 0. The molecule has 0 spiro atoms. The van der Waals surface area contributed by atoms with Gasteiger partial charge in [-0.15, -0.1) is 0 Å². The van der Waals surface area contributed by atoms with Gasteiger partial charge in [-0.2, -0.15) is 4.98 Å². The van der Waals surface area contributed by atoms with E-state index in [9.17, 15) is 0 Å². The molecule has 2 heterocycles. The van der Waals surface area contributed by atoms with Crippen molar-refractivity contribution in [3.63, 3.8) is 0 Å². The largest absolute Gasteiger partial charge is 0.395 e. The first-order chi connectivity index (χ1) is 7.33. The molecular weight excluding hydrogens is 194 g/mol. The van der Waals surface area contributed by atoms with Crippen molar-refractivity contribution in [2.24, 2.45) is 0 Å². The minimum absolute atomic E-state index is 0.221. The van der Waals surface area contributed by atoms with Crippen LogP contribution in [0.15, 0.2) is 4.52 Å². The van der Waals surface area contributed by atoms with Gasteiger partial charge in [0.05, 0.1) is 13.2 Å². The number of hydrogen-bond acceptors (Lipinski definition) is 5. The van der Waals surface area contributed by atoms with Gasteiger partial charge in [0, 0.05) is 12.5 Å². The van der Waals surface area contributed by atoms with Gasteiger partial charge in [0.1, 0.15) is 0 Å². The summed E-state index contributed by atoms with van der Waals surface area (Å²) in [6.45, 7) is 3.91. The van der Waals surface area contributed by atoms with Gasteiger partial charge in [0.15, 0.2) is 5.82 Å². The van der Waals surface area contributed by atoms with Gasteiger partial charge in [-0.3, -0.25) is 4.90 Å². The summed E-state index contributed by atoms with van der Waals surface area (Å²) in [5.74, 6) is 1.41. The van der Waals surface area contributed by atoms with E-state index in [0.717, 1.165) is 31.6 Å². The summed E-state index contributed by atoms with van der Waals surface area (Å²) in [4.78, 5) is 6.47. The average molecular weight is 211 g/mol. The van der Waals surface area contributed by atoms with Gasteiger partial charge >= 0.3 is 0 Å². The molecule has 1 aromatic rings. The minimum atomic E-state index is 0.221. The average Bonchev–Trinajstić information content (AvgIpc) is 2.87. The highest BCUT2D eigenvalue weighted by atomic mass is 16.5. The van der Waals surface area contributed by atoms with E-state index in [2.05, 4.69) is 15.0 Å². The zero-order chi connectivity index (χ0) is 10.7. The second kappa shape index (κ2) is 4.72. The Hall–Kier alpha value is -0.940. The molecule has 1 unspecified atom stereocenters. The molecule has 1 aromatic heterocycles. The Labute approximate surface area is 89.1 Å². The van der Waals surface area contributed by atoms with Crippen LogP contribution in [-0.2, 0) is 13.0 Å². The third kappa shape index (κ3) is 2.35. The molecule has 15 heavy (non-hydrogen) atoms. The molecule has 1 aliphatic rings. The molecule has 84 valence electrons. The van der Waals surface area contributed by atoms with E-state index in [1.807, 2.05) is 6.92 Å². The smallest absolute Gasteiger partial charge is 0.226 e. The Balaban J connectivity index is 1.95. The first-order valence-corrected chi connectivity index (χ1v) is 5.50. The molecule has 0 bridgehead atoms. The monoisotopic (exact) mass is 211 g/mol. The molecule has 0 radical (unpaired) electrons. The molecule has 1 aliphatic heterocycles. The molecule has 1 fully saturated rings. The molecule has 0 saturated carbocycles. The fourth-order valence-corrected chi connectivity index (χ4v) is 1.99. The molecule has 5 heteroatoms. The quantitative estimate of drug-likeness (QED) is 0.789. The van der Waals surface area contributed by atoms with Gasteiger partial charge in [-0.25, -0.2) is 0 Å². The van der Waals surface area contributed by atoms with Crippen molar-refractivity contribution in [2.75, 3.05) is 13.2 Å². The third-order valence-electron chi connectivity index (χ3n) is 2.87. The maximum absolute atomic E-state index is 9.16. The van der Waals surface area contributed by atoms with E-state index in [1.54, 1.807) is 0 Å². The Morgan fingerprint density at radius 1 is 1.60 bits per heavy atom. The Kier molecular flexibility index (Phi) is 3.33. The Morgan fingerprint density at radius 3 is 3.13 bits per heavy atom. The van der Waals surface area contributed by atoms with Crippen LogP contribution < -0.4 is 0 Å². The van der Waals surface area contributed by atoms with Crippen LogP contribution in [0.1, 0.15) is 31.5 Å². The lowest BCUT2D eigenvalue weighted by molar-refractivity contribution is 0.150. The number of hydrogen-bond donors (Lipinski definition) is 1. The zero-order valence-corrected chi connectivity index (χ0v) is 9.02. The number of rotatable bonds is 4.